The second kappa shape index (κ2) is 5.25. The molecule has 0 aromatic heterocycles. The van der Waals surface area contributed by atoms with Gasteiger partial charge in [0, 0.05) is 12.5 Å². The van der Waals surface area contributed by atoms with Gasteiger partial charge in [0.2, 0.25) is 0 Å². The van der Waals surface area contributed by atoms with Crippen LogP contribution in [0.2, 0.25) is 6.04 Å². The molecule has 0 aliphatic carbocycles. The van der Waals surface area contributed by atoms with E-state index in [0.29, 0.717) is 19.3 Å². The van der Waals surface area contributed by atoms with E-state index in [0.717, 1.165) is 0 Å². The molecule has 0 radical (unpaired) electrons. The van der Waals surface area contributed by atoms with Gasteiger partial charge in [-0.1, -0.05) is 6.42 Å². The van der Waals surface area contributed by atoms with Crippen molar-refractivity contribution in [3.63, 3.8) is 0 Å². The van der Waals surface area contributed by atoms with E-state index >= 15 is 0 Å². The maximum Gasteiger partial charge on any atom is 0.492 e. The molecule has 0 saturated heterocycles. The van der Waals surface area contributed by atoms with Gasteiger partial charge >= 0.3 is 14.8 Å². The molecule has 0 atom stereocenters. The summed E-state index contributed by atoms with van der Waals surface area (Å²) in [6, 6.07) is -0.00732. The van der Waals surface area contributed by atoms with E-state index in [1.807, 2.05) is 0 Å². The molecule has 0 rings (SSSR count). The number of hydrogen-bond donors (Lipinski definition) is 4. The highest BCUT2D eigenvalue weighted by molar-refractivity contribution is 6.56. The first-order valence-electron chi connectivity index (χ1n) is 3.81. The van der Waals surface area contributed by atoms with Crippen molar-refractivity contribution in [1.82, 2.24) is 0 Å². The molecule has 0 spiro atoms. The maximum absolute atomic E-state index is 10.0. The molecular weight excluding hydrogens is 180 g/mol. The highest BCUT2D eigenvalue weighted by Gasteiger charge is 2.25. The molecule has 0 saturated carbocycles. The topological polar surface area (TPSA) is 98.0 Å². The molecule has 0 unspecified atom stereocenters. The fourth-order valence-corrected chi connectivity index (χ4v) is 1.54. The van der Waals surface area contributed by atoms with Crippen LogP contribution in [0.1, 0.15) is 25.7 Å². The Kier molecular flexibility index (Phi) is 5.06. The quantitative estimate of drug-likeness (QED) is 0.339. The Hall–Kier alpha value is -0.433. The van der Waals surface area contributed by atoms with Crippen LogP contribution in [0.4, 0.5) is 0 Å². The molecule has 0 aliphatic heterocycles. The Morgan fingerprint density at radius 2 is 1.67 bits per heavy atom. The van der Waals surface area contributed by atoms with Crippen LogP contribution in [0.3, 0.4) is 0 Å². The Balaban J connectivity index is 3.17. The molecule has 0 bridgehead atoms. The predicted molar refractivity (Wildman–Crippen MR) is 43.3 cm³/mol. The van der Waals surface area contributed by atoms with Gasteiger partial charge in [0.1, 0.15) is 0 Å². The summed E-state index contributed by atoms with van der Waals surface area (Å²) in [5, 5.41) is 8.23. The molecule has 0 aliphatic rings. The lowest BCUT2D eigenvalue weighted by molar-refractivity contribution is -0.137. The van der Waals surface area contributed by atoms with E-state index in [1.54, 1.807) is 0 Å². The normalized spacial score (nSPS) is 11.6. The van der Waals surface area contributed by atoms with E-state index in [2.05, 4.69) is 0 Å². The van der Waals surface area contributed by atoms with Gasteiger partial charge in [0.25, 0.3) is 0 Å². The van der Waals surface area contributed by atoms with Crippen LogP contribution < -0.4 is 0 Å². The van der Waals surface area contributed by atoms with Crippen LogP contribution in [0.25, 0.3) is 0 Å². The Bertz CT molecular complexity index is 141. The molecule has 0 heterocycles. The molecule has 0 fully saturated rings. The molecule has 0 aromatic rings. The van der Waals surface area contributed by atoms with E-state index < -0.39 is 14.8 Å². The smallest absolute Gasteiger partial charge is 0.481 e. The number of carboxylic acid groups (broad SMARTS) is 1. The van der Waals surface area contributed by atoms with Crippen molar-refractivity contribution in [3.05, 3.63) is 0 Å². The first-order chi connectivity index (χ1) is 5.42. The summed E-state index contributed by atoms with van der Waals surface area (Å²) < 4.78 is 0. The van der Waals surface area contributed by atoms with Crippen molar-refractivity contribution < 1.29 is 24.3 Å². The second-order valence-corrected chi connectivity index (χ2v) is 4.78. The average Bonchev–Trinajstić information content (AvgIpc) is 1.83. The van der Waals surface area contributed by atoms with E-state index in [4.69, 9.17) is 19.5 Å². The van der Waals surface area contributed by atoms with Gasteiger partial charge in [-0.15, -0.1) is 0 Å². The summed E-state index contributed by atoms with van der Waals surface area (Å²) >= 11 is 0. The first-order valence-corrected chi connectivity index (χ1v) is 5.85. The summed E-state index contributed by atoms with van der Waals surface area (Å²) in [5.41, 5.74) is 0. The number of carbonyl (C=O) groups is 1. The number of carboxylic acids is 1. The summed E-state index contributed by atoms with van der Waals surface area (Å²) in [6.45, 7) is 0. The lowest BCUT2D eigenvalue weighted by Gasteiger charge is -2.07. The largest absolute Gasteiger partial charge is 0.492 e. The standard InChI is InChI=1S/C6H14O5Si/c7-6(8)4-2-1-3-5-12(9,10)11/h9-11H,1-5H2,(H,7,8). The van der Waals surface area contributed by atoms with Crippen molar-refractivity contribution in [2.45, 2.75) is 31.7 Å². The van der Waals surface area contributed by atoms with E-state index in [1.165, 1.54) is 0 Å². The zero-order valence-electron chi connectivity index (χ0n) is 6.73. The molecular formula is C6H14O5Si. The van der Waals surface area contributed by atoms with Crippen LogP contribution in [0, 0.1) is 0 Å². The van der Waals surface area contributed by atoms with Crippen LogP contribution in [0.5, 0.6) is 0 Å². The third-order valence-electron chi connectivity index (χ3n) is 1.40. The van der Waals surface area contributed by atoms with Gasteiger partial charge < -0.3 is 19.5 Å². The predicted octanol–water partition coefficient (Wildman–Crippen LogP) is -0.453. The first kappa shape index (κ1) is 11.6. The van der Waals surface area contributed by atoms with Gasteiger partial charge in [-0.25, -0.2) is 0 Å². The minimum Gasteiger partial charge on any atom is -0.481 e. The zero-order chi connectivity index (χ0) is 9.61. The number of hydrogen-bond acceptors (Lipinski definition) is 4. The average molecular weight is 194 g/mol. The fourth-order valence-electron chi connectivity index (χ4n) is 0.815. The van der Waals surface area contributed by atoms with Gasteiger partial charge in [-0.05, 0) is 12.8 Å². The third kappa shape index (κ3) is 9.57. The van der Waals surface area contributed by atoms with Gasteiger partial charge in [-0.2, -0.15) is 0 Å². The monoisotopic (exact) mass is 194 g/mol. The van der Waals surface area contributed by atoms with E-state index in [9.17, 15) is 4.79 Å². The molecule has 5 nitrogen and oxygen atoms in total. The lowest BCUT2D eigenvalue weighted by Crippen LogP contribution is -2.33. The van der Waals surface area contributed by atoms with Crippen molar-refractivity contribution in [3.8, 4) is 0 Å². The van der Waals surface area contributed by atoms with Crippen LogP contribution in [-0.2, 0) is 4.79 Å². The Morgan fingerprint density at radius 1 is 1.08 bits per heavy atom. The highest BCUT2D eigenvalue weighted by atomic mass is 28.4. The van der Waals surface area contributed by atoms with Crippen LogP contribution in [0.15, 0.2) is 0 Å². The minimum absolute atomic E-state index is 0.00732. The third-order valence-corrected chi connectivity index (χ3v) is 2.43. The Morgan fingerprint density at radius 3 is 2.08 bits per heavy atom. The van der Waals surface area contributed by atoms with Crippen LogP contribution >= 0.6 is 0 Å². The summed E-state index contributed by atoms with van der Waals surface area (Å²) in [6.07, 6.45) is 1.67. The molecule has 0 amide bonds. The summed E-state index contributed by atoms with van der Waals surface area (Å²) in [7, 11) is -3.88. The Labute approximate surface area is 71.7 Å². The lowest BCUT2D eigenvalue weighted by atomic mass is 10.2. The molecule has 72 valence electrons. The highest BCUT2D eigenvalue weighted by Crippen LogP contribution is 2.08. The van der Waals surface area contributed by atoms with Gasteiger partial charge in [-0.3, -0.25) is 4.79 Å². The summed E-state index contributed by atoms with van der Waals surface area (Å²) in [4.78, 5) is 35.7. The minimum atomic E-state index is -3.88. The molecule has 6 heteroatoms. The van der Waals surface area contributed by atoms with Crippen molar-refractivity contribution >= 4 is 14.8 Å². The van der Waals surface area contributed by atoms with E-state index in [-0.39, 0.29) is 12.5 Å². The van der Waals surface area contributed by atoms with Crippen molar-refractivity contribution in [2.75, 3.05) is 0 Å². The van der Waals surface area contributed by atoms with Crippen molar-refractivity contribution in [2.24, 2.45) is 0 Å². The second-order valence-electron chi connectivity index (χ2n) is 2.73. The van der Waals surface area contributed by atoms with Crippen LogP contribution in [-0.4, -0.2) is 34.3 Å². The zero-order valence-corrected chi connectivity index (χ0v) is 7.73. The summed E-state index contributed by atoms with van der Waals surface area (Å²) in [5.74, 6) is -0.851. The molecule has 12 heavy (non-hydrogen) atoms. The van der Waals surface area contributed by atoms with Crippen molar-refractivity contribution in [1.29, 1.82) is 0 Å². The van der Waals surface area contributed by atoms with Gasteiger partial charge in [0.15, 0.2) is 0 Å². The maximum atomic E-state index is 10.0. The number of unbranched alkanes of at least 4 members (excludes halogenated alkanes) is 2. The molecule has 0 aromatic carbocycles. The fraction of sp³-hybridized carbons (Fsp3) is 0.833. The number of aliphatic carboxylic acids is 1. The SMILES string of the molecule is O=C(O)CCCCC[Si](O)(O)O. The molecule has 4 N–H and O–H groups in total. The number of rotatable bonds is 6. The van der Waals surface area contributed by atoms with Gasteiger partial charge in [0.05, 0.1) is 0 Å².